The van der Waals surface area contributed by atoms with Crippen LogP contribution in [-0.4, -0.2) is 25.2 Å². The Morgan fingerprint density at radius 3 is 2.71 bits per heavy atom. The van der Waals surface area contributed by atoms with Crippen molar-refractivity contribution >= 4 is 11.3 Å². The van der Waals surface area contributed by atoms with E-state index in [0.29, 0.717) is 13.2 Å². The van der Waals surface area contributed by atoms with Crippen LogP contribution in [0.2, 0.25) is 0 Å². The summed E-state index contributed by atoms with van der Waals surface area (Å²) in [6.07, 6.45) is -2.47. The highest BCUT2D eigenvalue weighted by Crippen LogP contribution is 2.28. The number of aromatic nitrogens is 1. The van der Waals surface area contributed by atoms with Gasteiger partial charge in [-0.2, -0.15) is 0 Å². The van der Waals surface area contributed by atoms with E-state index in [1.54, 1.807) is 13.2 Å². The number of hydrogen-bond acceptors (Lipinski definition) is 4. The van der Waals surface area contributed by atoms with Crippen molar-refractivity contribution in [3.63, 3.8) is 0 Å². The third kappa shape index (κ3) is 4.30. The molecule has 1 aromatic carbocycles. The molecule has 0 saturated heterocycles. The summed E-state index contributed by atoms with van der Waals surface area (Å²) in [7, 11) is 1.63. The molecule has 6 heteroatoms. The van der Waals surface area contributed by atoms with Crippen molar-refractivity contribution in [2.24, 2.45) is 0 Å². The van der Waals surface area contributed by atoms with Gasteiger partial charge in [0.15, 0.2) is 0 Å². The lowest BCUT2D eigenvalue weighted by molar-refractivity contribution is 0.151. The average molecular weight is 312 g/mol. The van der Waals surface area contributed by atoms with Gasteiger partial charge in [-0.15, -0.1) is 11.3 Å². The molecule has 114 valence electrons. The highest BCUT2D eigenvalue weighted by Gasteiger charge is 2.18. The van der Waals surface area contributed by atoms with Crippen molar-refractivity contribution in [2.45, 2.75) is 19.4 Å². The van der Waals surface area contributed by atoms with Crippen LogP contribution >= 0.6 is 11.3 Å². The smallest absolute Gasteiger partial charge is 0.263 e. The number of ether oxygens (including phenoxy) is 1. The third-order valence-electron chi connectivity index (χ3n) is 3.03. The molecule has 0 bridgehead atoms. The van der Waals surface area contributed by atoms with E-state index < -0.39 is 6.43 Å². The van der Waals surface area contributed by atoms with E-state index in [-0.39, 0.29) is 11.6 Å². The van der Waals surface area contributed by atoms with Gasteiger partial charge in [-0.3, -0.25) is 0 Å². The summed E-state index contributed by atoms with van der Waals surface area (Å²) in [4.78, 5) is 4.47. The number of hydrogen-bond donors (Lipinski definition) is 1. The number of alkyl halides is 2. The van der Waals surface area contributed by atoms with Gasteiger partial charge < -0.3 is 10.1 Å². The second-order valence-electron chi connectivity index (χ2n) is 4.68. The minimum absolute atomic E-state index is 0.0271. The highest BCUT2D eigenvalue weighted by atomic mass is 32.1. The van der Waals surface area contributed by atoms with Gasteiger partial charge in [0, 0.05) is 30.3 Å². The first-order chi connectivity index (χ1) is 10.1. The molecule has 1 atom stereocenters. The van der Waals surface area contributed by atoms with Crippen LogP contribution in [0, 0.1) is 6.92 Å². The average Bonchev–Trinajstić information content (AvgIpc) is 2.90. The molecule has 0 aliphatic heterocycles. The largest absolute Gasteiger partial charge is 0.383 e. The van der Waals surface area contributed by atoms with Crippen LogP contribution in [0.15, 0.2) is 29.6 Å². The molecule has 1 unspecified atom stereocenters. The van der Waals surface area contributed by atoms with Crippen molar-refractivity contribution in [2.75, 3.05) is 20.3 Å². The molecule has 0 aliphatic rings. The zero-order valence-corrected chi connectivity index (χ0v) is 12.8. The van der Waals surface area contributed by atoms with Crippen LogP contribution in [0.3, 0.4) is 0 Å². The minimum atomic E-state index is -2.47. The normalized spacial score (nSPS) is 12.8. The second kappa shape index (κ2) is 7.59. The van der Waals surface area contributed by atoms with E-state index >= 15 is 0 Å². The first-order valence-corrected chi connectivity index (χ1v) is 7.52. The zero-order valence-electron chi connectivity index (χ0n) is 12.0. The van der Waals surface area contributed by atoms with E-state index in [4.69, 9.17) is 4.74 Å². The number of methoxy groups -OCH3 is 1. The number of rotatable bonds is 7. The lowest BCUT2D eigenvalue weighted by atomic mass is 10.0. The molecule has 1 N–H and O–H groups in total. The molecule has 3 nitrogen and oxygen atoms in total. The van der Waals surface area contributed by atoms with Gasteiger partial charge in [0.05, 0.1) is 12.6 Å². The molecule has 0 saturated carbocycles. The molecule has 0 fully saturated rings. The maximum absolute atomic E-state index is 12.9. The fourth-order valence-electron chi connectivity index (χ4n) is 2.03. The lowest BCUT2D eigenvalue weighted by Crippen LogP contribution is -2.26. The lowest BCUT2D eigenvalue weighted by Gasteiger charge is -2.17. The monoisotopic (exact) mass is 312 g/mol. The number of nitrogens with one attached hydrogen (secondary N) is 1. The van der Waals surface area contributed by atoms with Gasteiger partial charge in [-0.25, -0.2) is 13.8 Å². The summed E-state index contributed by atoms with van der Waals surface area (Å²) in [5, 5.41) is 6.14. The van der Waals surface area contributed by atoms with Crippen molar-refractivity contribution in [3.05, 3.63) is 51.5 Å². The summed E-state index contributed by atoms with van der Waals surface area (Å²) in [6, 6.07) is 6.27. The predicted molar refractivity (Wildman–Crippen MR) is 80.0 cm³/mol. The Balaban J connectivity index is 2.27. The molecular weight excluding hydrogens is 294 g/mol. The first kappa shape index (κ1) is 16.0. The van der Waals surface area contributed by atoms with Crippen molar-refractivity contribution < 1.29 is 13.5 Å². The summed E-state index contributed by atoms with van der Waals surface area (Å²) in [5.41, 5.74) is 1.75. The number of benzene rings is 1. The van der Waals surface area contributed by atoms with Crippen LogP contribution in [0.25, 0.3) is 0 Å². The molecule has 0 aliphatic carbocycles. The zero-order chi connectivity index (χ0) is 15.2. The van der Waals surface area contributed by atoms with Gasteiger partial charge in [0.25, 0.3) is 6.43 Å². The standard InChI is InChI=1S/C15H18F2N2OS/c1-10-9-21-15(19-10)13(18-6-7-20-2)11-4-3-5-12(8-11)14(16)17/h3-5,8-9,13-14,18H,6-7H2,1-2H3. The number of aryl methyl sites for hydroxylation is 1. The van der Waals surface area contributed by atoms with Gasteiger partial charge in [0.2, 0.25) is 0 Å². The number of nitrogens with zero attached hydrogens (tertiary/aromatic N) is 1. The van der Waals surface area contributed by atoms with Crippen molar-refractivity contribution in [3.8, 4) is 0 Å². The van der Waals surface area contributed by atoms with Crippen LogP contribution in [0.4, 0.5) is 8.78 Å². The van der Waals surface area contributed by atoms with E-state index in [0.717, 1.165) is 16.3 Å². The molecule has 0 spiro atoms. The second-order valence-corrected chi connectivity index (χ2v) is 5.57. The van der Waals surface area contributed by atoms with Gasteiger partial charge in [-0.1, -0.05) is 18.2 Å². The van der Waals surface area contributed by atoms with E-state index in [2.05, 4.69) is 10.3 Å². The fourth-order valence-corrected chi connectivity index (χ4v) is 2.93. The SMILES string of the molecule is COCCNC(c1cccc(C(F)F)c1)c1nc(C)cs1. The maximum atomic E-state index is 12.9. The molecule has 2 aromatic rings. The van der Waals surface area contributed by atoms with Crippen molar-refractivity contribution in [1.29, 1.82) is 0 Å². The molecule has 21 heavy (non-hydrogen) atoms. The highest BCUT2D eigenvalue weighted by molar-refractivity contribution is 7.09. The summed E-state index contributed by atoms with van der Waals surface area (Å²) >= 11 is 1.52. The Bertz CT molecular complexity index is 574. The van der Waals surface area contributed by atoms with Crippen LogP contribution < -0.4 is 5.32 Å². The molecule has 1 heterocycles. The quantitative estimate of drug-likeness (QED) is 0.791. The van der Waals surface area contributed by atoms with Crippen LogP contribution in [0.1, 0.15) is 34.3 Å². The van der Waals surface area contributed by atoms with E-state index in [1.165, 1.54) is 23.5 Å². The topological polar surface area (TPSA) is 34.1 Å². The Kier molecular flexibility index (Phi) is 5.78. The Hall–Kier alpha value is -1.37. The van der Waals surface area contributed by atoms with Crippen molar-refractivity contribution in [1.82, 2.24) is 10.3 Å². The van der Waals surface area contributed by atoms with Crippen LogP contribution in [-0.2, 0) is 4.74 Å². The summed E-state index contributed by atoms with van der Waals surface area (Å²) < 4.78 is 30.8. The molecule has 0 radical (unpaired) electrons. The molecule has 2 rings (SSSR count). The summed E-state index contributed by atoms with van der Waals surface area (Å²) in [6.45, 7) is 3.09. The van der Waals surface area contributed by atoms with Crippen LogP contribution in [0.5, 0.6) is 0 Å². The molecule has 1 aromatic heterocycles. The Morgan fingerprint density at radius 2 is 2.10 bits per heavy atom. The van der Waals surface area contributed by atoms with Gasteiger partial charge >= 0.3 is 0 Å². The molecular formula is C15H18F2N2OS. The third-order valence-corrected chi connectivity index (χ3v) is 4.06. The first-order valence-electron chi connectivity index (χ1n) is 6.64. The Labute approximate surface area is 127 Å². The van der Waals surface area contributed by atoms with E-state index in [1.807, 2.05) is 18.4 Å². The fraction of sp³-hybridized carbons (Fsp3) is 0.400. The minimum Gasteiger partial charge on any atom is -0.383 e. The summed E-state index contributed by atoms with van der Waals surface area (Å²) in [5.74, 6) is 0. The molecule has 0 amide bonds. The van der Waals surface area contributed by atoms with Gasteiger partial charge in [-0.05, 0) is 18.6 Å². The van der Waals surface area contributed by atoms with Gasteiger partial charge in [0.1, 0.15) is 5.01 Å². The number of thiazole rings is 1. The number of halogens is 2. The maximum Gasteiger partial charge on any atom is 0.263 e. The van der Waals surface area contributed by atoms with E-state index in [9.17, 15) is 8.78 Å². The Morgan fingerprint density at radius 1 is 1.33 bits per heavy atom. The predicted octanol–water partition coefficient (Wildman–Crippen LogP) is 3.71.